The van der Waals surface area contributed by atoms with Crippen molar-refractivity contribution in [3.05, 3.63) is 0 Å². The quantitative estimate of drug-likeness (QED) is 0.808. The van der Waals surface area contributed by atoms with Gasteiger partial charge < -0.3 is 14.6 Å². The summed E-state index contributed by atoms with van der Waals surface area (Å²) < 4.78 is 11.3. The largest absolute Gasteiger partial charge is 0.388 e. The average molecular weight is 282 g/mol. The fraction of sp³-hybridized carbons (Fsp3) is 1.00. The van der Waals surface area contributed by atoms with Crippen LogP contribution in [-0.2, 0) is 9.47 Å². The van der Waals surface area contributed by atoms with Crippen molar-refractivity contribution in [2.24, 2.45) is 28.6 Å². The molecule has 0 radical (unpaired) electrons. The van der Waals surface area contributed by atoms with Crippen LogP contribution < -0.4 is 0 Å². The van der Waals surface area contributed by atoms with Gasteiger partial charge in [-0.05, 0) is 43.4 Å². The van der Waals surface area contributed by atoms with Gasteiger partial charge in [0.2, 0.25) is 0 Å². The van der Waals surface area contributed by atoms with Crippen LogP contribution in [0.4, 0.5) is 0 Å². The molecule has 1 N–H and O–H groups in total. The van der Waals surface area contributed by atoms with Gasteiger partial charge in [0.05, 0.1) is 11.2 Å². The molecule has 0 amide bonds. The Kier molecular flexibility index (Phi) is 2.96. The van der Waals surface area contributed by atoms with Crippen LogP contribution in [0, 0.1) is 28.6 Å². The van der Waals surface area contributed by atoms with Crippen LogP contribution in [0.15, 0.2) is 0 Å². The summed E-state index contributed by atoms with van der Waals surface area (Å²) in [6.45, 7) is 11.5. The highest BCUT2D eigenvalue weighted by molar-refractivity contribution is 5.28. The molecule has 4 aliphatic carbocycles. The molecule has 4 fully saturated rings. The van der Waals surface area contributed by atoms with Gasteiger partial charge in [0, 0.05) is 18.4 Å². The predicted molar refractivity (Wildman–Crippen MR) is 78.2 cm³/mol. The zero-order chi connectivity index (χ0) is 15.0. The SMILES string of the molecule is COCO[C@]1(C)[C@@H]2C[C@H]3CC[C@]2(C)[C@@](O)([C@H]1C)C3(C)C. The summed E-state index contributed by atoms with van der Waals surface area (Å²) in [5.41, 5.74) is -1.00. The Labute approximate surface area is 123 Å². The lowest BCUT2D eigenvalue weighted by Gasteiger charge is -2.64. The zero-order valence-electron chi connectivity index (χ0n) is 13.8. The van der Waals surface area contributed by atoms with E-state index in [1.165, 1.54) is 12.8 Å². The molecule has 4 rings (SSSR count). The number of fused-ring (bicyclic) bond motifs is 1. The fourth-order valence-electron chi connectivity index (χ4n) is 6.52. The van der Waals surface area contributed by atoms with Gasteiger partial charge in [0.1, 0.15) is 6.79 Å². The van der Waals surface area contributed by atoms with Crippen LogP contribution in [0.25, 0.3) is 0 Å². The summed E-state index contributed by atoms with van der Waals surface area (Å²) in [5, 5.41) is 11.8. The van der Waals surface area contributed by atoms with Gasteiger partial charge in [-0.3, -0.25) is 0 Å². The van der Waals surface area contributed by atoms with Crippen LogP contribution in [-0.4, -0.2) is 30.2 Å². The Balaban J connectivity index is 2.11. The fourth-order valence-corrected chi connectivity index (χ4v) is 6.52. The monoisotopic (exact) mass is 282 g/mol. The molecule has 0 unspecified atom stereocenters. The van der Waals surface area contributed by atoms with Crippen molar-refractivity contribution in [3.8, 4) is 0 Å². The summed E-state index contributed by atoms with van der Waals surface area (Å²) in [7, 11) is 1.67. The minimum absolute atomic E-state index is 0.0346. The Hall–Kier alpha value is -0.120. The van der Waals surface area contributed by atoms with E-state index in [1.54, 1.807) is 7.11 Å². The lowest BCUT2D eigenvalue weighted by Crippen LogP contribution is -2.66. The molecule has 4 bridgehead atoms. The van der Waals surface area contributed by atoms with Crippen molar-refractivity contribution in [3.63, 3.8) is 0 Å². The first-order valence-corrected chi connectivity index (χ1v) is 8.01. The van der Waals surface area contributed by atoms with E-state index in [9.17, 15) is 5.11 Å². The van der Waals surface area contributed by atoms with E-state index in [0.29, 0.717) is 18.6 Å². The van der Waals surface area contributed by atoms with Gasteiger partial charge in [0.25, 0.3) is 0 Å². The van der Waals surface area contributed by atoms with E-state index >= 15 is 0 Å². The molecule has 20 heavy (non-hydrogen) atoms. The third-order valence-corrected chi connectivity index (χ3v) is 7.84. The molecular weight excluding hydrogens is 252 g/mol. The number of methoxy groups -OCH3 is 1. The number of hydrogen-bond acceptors (Lipinski definition) is 3. The summed E-state index contributed by atoms with van der Waals surface area (Å²) in [5.74, 6) is 1.16. The number of rotatable bonds is 3. The molecule has 116 valence electrons. The van der Waals surface area contributed by atoms with E-state index in [4.69, 9.17) is 9.47 Å². The van der Waals surface area contributed by atoms with Gasteiger partial charge in [-0.25, -0.2) is 0 Å². The highest BCUT2D eigenvalue weighted by Gasteiger charge is 2.79. The standard InChI is InChI=1S/C17H30O3/c1-11-16(5,20-10-19-6)13-9-12-7-8-15(13,4)17(11,18)14(12,2)3/h11-13,18H,7-10H2,1-6H3/t11-,12+,13+,15-,16-,17+/m0/s1. The van der Waals surface area contributed by atoms with Crippen molar-refractivity contribution in [2.45, 2.75) is 65.1 Å². The molecule has 0 aliphatic heterocycles. The summed E-state index contributed by atoms with van der Waals surface area (Å²) in [4.78, 5) is 0. The molecule has 6 atom stereocenters. The molecular formula is C17H30O3. The summed E-state index contributed by atoms with van der Waals surface area (Å²) in [6, 6.07) is 0. The van der Waals surface area contributed by atoms with Crippen LogP contribution >= 0.6 is 0 Å². The Morgan fingerprint density at radius 3 is 2.40 bits per heavy atom. The van der Waals surface area contributed by atoms with Crippen molar-refractivity contribution < 1.29 is 14.6 Å². The maximum absolute atomic E-state index is 11.8. The minimum Gasteiger partial charge on any atom is -0.388 e. The molecule has 0 aromatic carbocycles. The van der Waals surface area contributed by atoms with Crippen molar-refractivity contribution >= 4 is 0 Å². The van der Waals surface area contributed by atoms with E-state index in [1.807, 2.05) is 0 Å². The maximum atomic E-state index is 11.8. The topological polar surface area (TPSA) is 38.7 Å². The van der Waals surface area contributed by atoms with Crippen LogP contribution in [0.2, 0.25) is 0 Å². The Bertz CT molecular complexity index is 420. The normalized spacial score (nSPS) is 56.2. The molecule has 0 saturated heterocycles. The second-order valence-electron chi connectivity index (χ2n) is 8.39. The lowest BCUT2D eigenvalue weighted by atomic mass is 9.42. The van der Waals surface area contributed by atoms with Gasteiger partial charge in [0.15, 0.2) is 0 Å². The first-order valence-electron chi connectivity index (χ1n) is 8.01. The number of ether oxygens (including phenoxy) is 2. The second kappa shape index (κ2) is 3.99. The van der Waals surface area contributed by atoms with Crippen molar-refractivity contribution in [1.82, 2.24) is 0 Å². The number of hydrogen-bond donors (Lipinski definition) is 1. The molecule has 4 saturated carbocycles. The van der Waals surface area contributed by atoms with Gasteiger partial charge >= 0.3 is 0 Å². The van der Waals surface area contributed by atoms with E-state index in [-0.39, 0.29) is 22.3 Å². The minimum atomic E-state index is -0.645. The Morgan fingerprint density at radius 1 is 1.20 bits per heavy atom. The van der Waals surface area contributed by atoms with E-state index in [0.717, 1.165) is 6.42 Å². The molecule has 3 nitrogen and oxygen atoms in total. The Morgan fingerprint density at radius 2 is 1.85 bits per heavy atom. The first-order chi connectivity index (χ1) is 9.16. The number of aliphatic hydroxyl groups is 1. The van der Waals surface area contributed by atoms with Gasteiger partial charge in [-0.2, -0.15) is 0 Å². The summed E-state index contributed by atoms with van der Waals surface area (Å²) >= 11 is 0. The third kappa shape index (κ3) is 1.29. The van der Waals surface area contributed by atoms with Crippen LogP contribution in [0.3, 0.4) is 0 Å². The van der Waals surface area contributed by atoms with Crippen molar-refractivity contribution in [2.75, 3.05) is 13.9 Å². The lowest BCUT2D eigenvalue weighted by molar-refractivity contribution is -0.245. The predicted octanol–water partition coefficient (Wildman–Crippen LogP) is 3.21. The first kappa shape index (κ1) is 14.8. The van der Waals surface area contributed by atoms with E-state index < -0.39 is 5.60 Å². The zero-order valence-corrected chi connectivity index (χ0v) is 13.8. The van der Waals surface area contributed by atoms with Crippen molar-refractivity contribution in [1.29, 1.82) is 0 Å². The van der Waals surface area contributed by atoms with Gasteiger partial charge in [-0.15, -0.1) is 0 Å². The molecule has 0 aromatic rings. The highest BCUT2D eigenvalue weighted by Crippen LogP contribution is 2.76. The smallest absolute Gasteiger partial charge is 0.147 e. The average Bonchev–Trinajstić information content (AvgIpc) is 2.51. The highest BCUT2D eigenvalue weighted by atomic mass is 16.7. The van der Waals surface area contributed by atoms with Gasteiger partial charge in [-0.1, -0.05) is 27.7 Å². The molecule has 0 spiro atoms. The van der Waals surface area contributed by atoms with Crippen LogP contribution in [0.5, 0.6) is 0 Å². The molecule has 0 heterocycles. The van der Waals surface area contributed by atoms with E-state index in [2.05, 4.69) is 34.6 Å². The molecule has 0 aromatic heterocycles. The van der Waals surface area contributed by atoms with Crippen LogP contribution in [0.1, 0.15) is 53.9 Å². The summed E-state index contributed by atoms with van der Waals surface area (Å²) in [6.07, 6.45) is 3.55. The molecule has 3 heteroatoms. The maximum Gasteiger partial charge on any atom is 0.147 e. The second-order valence-corrected chi connectivity index (χ2v) is 8.39. The third-order valence-electron chi connectivity index (χ3n) is 7.84. The molecule has 4 aliphatic rings.